The summed E-state index contributed by atoms with van der Waals surface area (Å²) < 4.78 is 0. The first kappa shape index (κ1) is 12.5. The van der Waals surface area contributed by atoms with Crippen LogP contribution in [-0.2, 0) is 4.79 Å². The molecule has 1 fully saturated rings. The highest BCUT2D eigenvalue weighted by Crippen LogP contribution is 2.21. The molecule has 0 radical (unpaired) electrons. The number of aliphatic carboxylic acids is 1. The third kappa shape index (κ3) is 2.09. The van der Waals surface area contributed by atoms with E-state index in [1.807, 2.05) is 0 Å². The maximum absolute atomic E-state index is 12.4. The zero-order chi connectivity index (χ0) is 14.1. The zero-order valence-electron chi connectivity index (χ0n) is 10.7. The van der Waals surface area contributed by atoms with Crippen molar-refractivity contribution in [3.8, 4) is 0 Å². The Morgan fingerprint density at radius 1 is 1.20 bits per heavy atom. The zero-order valence-corrected chi connectivity index (χ0v) is 10.7. The van der Waals surface area contributed by atoms with E-state index in [1.54, 1.807) is 30.6 Å². The predicted octanol–water partition coefficient (Wildman–Crippen LogP) is 1.32. The SMILES string of the molecule is O=C(O)C1CCCN1C(=O)c1ccc2nccnc2c1. The molecule has 1 aliphatic rings. The normalized spacial score (nSPS) is 18.4. The molecule has 0 saturated carbocycles. The summed E-state index contributed by atoms with van der Waals surface area (Å²) in [4.78, 5) is 33.3. The van der Waals surface area contributed by atoms with E-state index in [4.69, 9.17) is 5.11 Å². The summed E-state index contributed by atoms with van der Waals surface area (Å²) in [5, 5.41) is 9.13. The van der Waals surface area contributed by atoms with Crippen molar-refractivity contribution in [1.82, 2.24) is 14.9 Å². The van der Waals surface area contributed by atoms with Crippen molar-refractivity contribution in [2.45, 2.75) is 18.9 Å². The van der Waals surface area contributed by atoms with Gasteiger partial charge in [-0.25, -0.2) is 4.79 Å². The first-order chi connectivity index (χ1) is 9.66. The predicted molar refractivity (Wildman–Crippen MR) is 71.2 cm³/mol. The van der Waals surface area contributed by atoms with Gasteiger partial charge in [0.1, 0.15) is 6.04 Å². The minimum absolute atomic E-state index is 0.262. The number of carboxylic acids is 1. The van der Waals surface area contributed by atoms with E-state index < -0.39 is 12.0 Å². The van der Waals surface area contributed by atoms with Crippen LogP contribution in [-0.4, -0.2) is 44.4 Å². The molecule has 0 spiro atoms. The number of rotatable bonds is 2. The molecule has 3 rings (SSSR count). The van der Waals surface area contributed by atoms with Gasteiger partial charge in [0.2, 0.25) is 0 Å². The maximum atomic E-state index is 12.4. The second-order valence-electron chi connectivity index (χ2n) is 4.75. The van der Waals surface area contributed by atoms with Crippen LogP contribution < -0.4 is 0 Å². The average Bonchev–Trinajstić information content (AvgIpc) is 2.95. The highest BCUT2D eigenvalue weighted by atomic mass is 16.4. The Morgan fingerprint density at radius 3 is 2.70 bits per heavy atom. The van der Waals surface area contributed by atoms with Crippen LogP contribution in [0.2, 0.25) is 0 Å². The molecule has 6 heteroatoms. The largest absolute Gasteiger partial charge is 0.480 e. The highest BCUT2D eigenvalue weighted by Gasteiger charge is 2.34. The first-order valence-corrected chi connectivity index (χ1v) is 6.41. The number of carbonyl (C=O) groups excluding carboxylic acids is 1. The molecule has 20 heavy (non-hydrogen) atoms. The third-order valence-electron chi connectivity index (χ3n) is 3.51. The fourth-order valence-electron chi connectivity index (χ4n) is 2.53. The van der Waals surface area contributed by atoms with Gasteiger partial charge in [-0.1, -0.05) is 0 Å². The number of carbonyl (C=O) groups is 2. The quantitative estimate of drug-likeness (QED) is 0.890. The molecule has 1 aromatic carbocycles. The smallest absolute Gasteiger partial charge is 0.326 e. The topological polar surface area (TPSA) is 83.4 Å². The number of likely N-dealkylation sites (tertiary alicyclic amines) is 1. The molecule has 1 unspecified atom stereocenters. The molecular formula is C14H13N3O3. The van der Waals surface area contributed by atoms with Gasteiger partial charge in [-0.3, -0.25) is 14.8 Å². The third-order valence-corrected chi connectivity index (χ3v) is 3.51. The van der Waals surface area contributed by atoms with E-state index in [2.05, 4.69) is 9.97 Å². The fourth-order valence-corrected chi connectivity index (χ4v) is 2.53. The molecule has 2 heterocycles. The van der Waals surface area contributed by atoms with Crippen LogP contribution in [0.4, 0.5) is 0 Å². The Morgan fingerprint density at radius 2 is 1.95 bits per heavy atom. The van der Waals surface area contributed by atoms with Crippen LogP contribution in [0.3, 0.4) is 0 Å². The number of amides is 1. The van der Waals surface area contributed by atoms with Gasteiger partial charge in [0.05, 0.1) is 11.0 Å². The molecule has 1 N–H and O–H groups in total. The second-order valence-corrected chi connectivity index (χ2v) is 4.75. The molecule has 6 nitrogen and oxygen atoms in total. The maximum Gasteiger partial charge on any atom is 0.326 e. The van der Waals surface area contributed by atoms with E-state index in [1.165, 1.54) is 4.90 Å². The molecule has 2 aromatic rings. The van der Waals surface area contributed by atoms with Gasteiger partial charge in [0.15, 0.2) is 0 Å². The number of nitrogens with zero attached hydrogens (tertiary/aromatic N) is 3. The highest BCUT2D eigenvalue weighted by molar-refractivity contribution is 5.99. The number of benzene rings is 1. The number of carboxylic acid groups (broad SMARTS) is 1. The minimum Gasteiger partial charge on any atom is -0.480 e. The van der Waals surface area contributed by atoms with Gasteiger partial charge >= 0.3 is 5.97 Å². The van der Waals surface area contributed by atoms with E-state index in [9.17, 15) is 9.59 Å². The van der Waals surface area contributed by atoms with Gasteiger partial charge in [-0.15, -0.1) is 0 Å². The summed E-state index contributed by atoms with van der Waals surface area (Å²) in [6.07, 6.45) is 4.38. The fraction of sp³-hybridized carbons (Fsp3) is 0.286. The van der Waals surface area contributed by atoms with Crippen LogP contribution in [0.1, 0.15) is 23.2 Å². The van der Waals surface area contributed by atoms with Crippen molar-refractivity contribution >= 4 is 22.9 Å². The Labute approximate surface area is 115 Å². The van der Waals surface area contributed by atoms with Gasteiger partial charge < -0.3 is 10.0 Å². The van der Waals surface area contributed by atoms with Crippen molar-refractivity contribution in [2.75, 3.05) is 6.54 Å². The average molecular weight is 271 g/mol. The minimum atomic E-state index is -0.948. The second kappa shape index (κ2) is 4.88. The summed E-state index contributed by atoms with van der Waals surface area (Å²) in [6.45, 7) is 0.480. The van der Waals surface area contributed by atoms with Crippen molar-refractivity contribution < 1.29 is 14.7 Å². The molecule has 102 valence electrons. The van der Waals surface area contributed by atoms with E-state index in [0.717, 1.165) is 6.42 Å². The summed E-state index contributed by atoms with van der Waals surface area (Å²) >= 11 is 0. The lowest BCUT2D eigenvalue weighted by atomic mass is 10.1. The number of hydrogen-bond donors (Lipinski definition) is 1. The standard InChI is InChI=1S/C14H13N3O3/c18-13(17-7-1-2-12(17)14(19)20)9-3-4-10-11(8-9)16-6-5-15-10/h3-6,8,12H,1-2,7H2,(H,19,20). The lowest BCUT2D eigenvalue weighted by molar-refractivity contribution is -0.141. The van der Waals surface area contributed by atoms with E-state index >= 15 is 0 Å². The van der Waals surface area contributed by atoms with E-state index in [0.29, 0.717) is 29.6 Å². The Hall–Kier alpha value is -2.50. The number of fused-ring (bicyclic) bond motifs is 1. The summed E-state index contributed by atoms with van der Waals surface area (Å²) in [5.41, 5.74) is 1.79. The van der Waals surface area contributed by atoms with Crippen molar-refractivity contribution in [3.05, 3.63) is 36.2 Å². The number of hydrogen-bond acceptors (Lipinski definition) is 4. The lowest BCUT2D eigenvalue weighted by Crippen LogP contribution is -2.40. The molecule has 1 saturated heterocycles. The Kier molecular flexibility index (Phi) is 3.06. The van der Waals surface area contributed by atoms with Crippen molar-refractivity contribution in [1.29, 1.82) is 0 Å². The molecule has 0 bridgehead atoms. The lowest BCUT2D eigenvalue weighted by Gasteiger charge is -2.21. The van der Waals surface area contributed by atoms with Crippen LogP contribution >= 0.6 is 0 Å². The van der Waals surface area contributed by atoms with Crippen molar-refractivity contribution in [3.63, 3.8) is 0 Å². The Bertz CT molecular complexity index is 686. The monoisotopic (exact) mass is 271 g/mol. The summed E-state index contributed by atoms with van der Waals surface area (Å²) in [6, 6.07) is 4.32. The molecule has 0 aliphatic carbocycles. The van der Waals surface area contributed by atoms with Gasteiger partial charge in [0.25, 0.3) is 5.91 Å². The van der Waals surface area contributed by atoms with Gasteiger partial charge in [0, 0.05) is 24.5 Å². The van der Waals surface area contributed by atoms with Gasteiger partial charge in [-0.05, 0) is 31.0 Å². The summed E-state index contributed by atoms with van der Waals surface area (Å²) in [7, 11) is 0. The van der Waals surface area contributed by atoms with Crippen molar-refractivity contribution in [2.24, 2.45) is 0 Å². The number of aromatic nitrogens is 2. The molecule has 1 aliphatic heterocycles. The first-order valence-electron chi connectivity index (χ1n) is 6.41. The van der Waals surface area contributed by atoms with Crippen LogP contribution in [0.15, 0.2) is 30.6 Å². The molecular weight excluding hydrogens is 258 g/mol. The summed E-state index contributed by atoms with van der Waals surface area (Å²) in [5.74, 6) is -1.21. The molecule has 1 atom stereocenters. The van der Waals surface area contributed by atoms with Crippen LogP contribution in [0, 0.1) is 0 Å². The molecule has 1 amide bonds. The van der Waals surface area contributed by atoms with Crippen LogP contribution in [0.5, 0.6) is 0 Å². The Balaban J connectivity index is 1.94. The molecule has 1 aromatic heterocycles. The van der Waals surface area contributed by atoms with Crippen LogP contribution in [0.25, 0.3) is 11.0 Å². The van der Waals surface area contributed by atoms with E-state index in [-0.39, 0.29) is 5.91 Å². The van der Waals surface area contributed by atoms with Gasteiger partial charge in [-0.2, -0.15) is 0 Å².